The molecule has 0 radical (unpaired) electrons. The molecule has 130 valence electrons. The van der Waals surface area contributed by atoms with Crippen molar-refractivity contribution in [2.75, 3.05) is 0 Å². The van der Waals surface area contributed by atoms with Crippen molar-refractivity contribution in [2.45, 2.75) is 32.1 Å². The molecular formula is C20H21NO3Se. The van der Waals surface area contributed by atoms with E-state index in [0.717, 1.165) is 11.1 Å². The number of ether oxygens (including phenoxy) is 1. The first-order chi connectivity index (χ1) is 12.0. The average molecular weight is 402 g/mol. The molecule has 2 aromatic carbocycles. The van der Waals surface area contributed by atoms with Gasteiger partial charge in [0.2, 0.25) is 0 Å². The van der Waals surface area contributed by atoms with Crippen molar-refractivity contribution in [3.05, 3.63) is 71.8 Å². The van der Waals surface area contributed by atoms with Gasteiger partial charge in [-0.2, -0.15) is 0 Å². The molecule has 1 fully saturated rings. The zero-order valence-corrected chi connectivity index (χ0v) is 15.9. The Morgan fingerprint density at radius 1 is 1.12 bits per heavy atom. The Labute approximate surface area is 155 Å². The van der Waals surface area contributed by atoms with Crippen LogP contribution in [0.25, 0.3) is 0 Å². The van der Waals surface area contributed by atoms with Gasteiger partial charge in [0, 0.05) is 0 Å². The number of hydrogen-bond donors (Lipinski definition) is 1. The molecule has 2 aromatic rings. The van der Waals surface area contributed by atoms with E-state index in [1.807, 2.05) is 67.6 Å². The molecule has 0 saturated carbocycles. The van der Waals surface area contributed by atoms with Crippen LogP contribution in [0.4, 0.5) is 0 Å². The van der Waals surface area contributed by atoms with Crippen molar-refractivity contribution in [3.8, 4) is 0 Å². The third-order valence-corrected chi connectivity index (χ3v) is 5.25. The Kier molecular flexibility index (Phi) is 5.38. The number of carbonyl (C=O) groups is 1. The van der Waals surface area contributed by atoms with Gasteiger partial charge in [0.15, 0.2) is 0 Å². The van der Waals surface area contributed by atoms with E-state index in [0.29, 0.717) is 4.73 Å². The summed E-state index contributed by atoms with van der Waals surface area (Å²) >= 11 is 2.85. The number of amides is 1. The summed E-state index contributed by atoms with van der Waals surface area (Å²) in [5.41, 5.74) is 1.76. The van der Waals surface area contributed by atoms with Crippen LogP contribution in [0.2, 0.25) is 0 Å². The Morgan fingerprint density at radius 3 is 2.28 bits per heavy atom. The van der Waals surface area contributed by atoms with Crippen molar-refractivity contribution < 1.29 is 14.6 Å². The fourth-order valence-electron chi connectivity index (χ4n) is 3.14. The number of hydrogen-bond acceptors (Lipinski definition) is 3. The average Bonchev–Trinajstić information content (AvgIpc) is 2.95. The van der Waals surface area contributed by atoms with Gasteiger partial charge >= 0.3 is 156 Å². The molecule has 5 heteroatoms. The van der Waals surface area contributed by atoms with E-state index < -0.39 is 12.0 Å². The van der Waals surface area contributed by atoms with E-state index in [-0.39, 0.29) is 18.1 Å². The molecule has 0 aromatic heterocycles. The van der Waals surface area contributed by atoms with Gasteiger partial charge in [-0.05, 0) is 0 Å². The first kappa shape index (κ1) is 17.9. The zero-order valence-electron chi connectivity index (χ0n) is 14.2. The Morgan fingerprint density at radius 2 is 1.68 bits per heavy atom. The van der Waals surface area contributed by atoms with E-state index in [1.165, 1.54) is 0 Å². The summed E-state index contributed by atoms with van der Waals surface area (Å²) in [4.78, 5) is 14.6. The number of rotatable bonds is 4. The summed E-state index contributed by atoms with van der Waals surface area (Å²) in [7, 11) is 0. The van der Waals surface area contributed by atoms with Crippen molar-refractivity contribution in [1.29, 1.82) is 0 Å². The Balaban J connectivity index is 1.78. The molecular weight excluding hydrogens is 381 g/mol. The maximum atomic E-state index is 13.0. The van der Waals surface area contributed by atoms with Gasteiger partial charge in [-0.1, -0.05) is 0 Å². The molecule has 3 rings (SSSR count). The van der Waals surface area contributed by atoms with E-state index >= 15 is 0 Å². The molecule has 0 bridgehead atoms. The second-order valence-electron chi connectivity index (χ2n) is 6.31. The van der Waals surface area contributed by atoms with Crippen molar-refractivity contribution >= 4 is 26.2 Å². The standard InChI is InChI=1S/C20H21NO3Se/c1-13(17(22)15-9-5-3-6-10-15)19(23)21-14(2)18(24-20(21)25)16-11-7-4-8-12-16/h3-14,17-18,22H,1-2H3/t13-,14+,17-,18+/m1/s1. The van der Waals surface area contributed by atoms with Crippen LogP contribution in [0, 0.1) is 5.92 Å². The van der Waals surface area contributed by atoms with Crippen LogP contribution in [-0.2, 0) is 9.53 Å². The molecule has 1 N–H and O–H groups in total. The quantitative estimate of drug-likeness (QED) is 0.800. The first-order valence-electron chi connectivity index (χ1n) is 8.32. The second-order valence-corrected chi connectivity index (χ2v) is 7.04. The summed E-state index contributed by atoms with van der Waals surface area (Å²) in [6.07, 6.45) is -1.08. The molecule has 4 nitrogen and oxygen atoms in total. The van der Waals surface area contributed by atoms with Crippen molar-refractivity contribution in [1.82, 2.24) is 4.90 Å². The Hall–Kier alpha value is -1.94. The zero-order chi connectivity index (χ0) is 18.0. The number of carbonyl (C=O) groups excluding carboxylic acids is 1. The normalized spacial score (nSPS) is 22.4. The van der Waals surface area contributed by atoms with E-state index in [1.54, 1.807) is 11.8 Å². The van der Waals surface area contributed by atoms with E-state index in [9.17, 15) is 9.90 Å². The SMILES string of the molecule is C[C@@H](C(=O)N1C(=[Se])O[C@H](c2ccccc2)[C@@H]1C)[C@@H](O)c1ccccc1. The van der Waals surface area contributed by atoms with Gasteiger partial charge in [-0.15, -0.1) is 0 Å². The van der Waals surface area contributed by atoms with Gasteiger partial charge in [0.05, 0.1) is 0 Å². The van der Waals surface area contributed by atoms with Crippen LogP contribution in [0.5, 0.6) is 0 Å². The van der Waals surface area contributed by atoms with Crippen LogP contribution in [-0.4, -0.2) is 42.3 Å². The van der Waals surface area contributed by atoms with Gasteiger partial charge in [0.25, 0.3) is 0 Å². The molecule has 1 aliphatic heterocycles. The summed E-state index contributed by atoms with van der Waals surface area (Å²) in [5.74, 6) is -0.734. The van der Waals surface area contributed by atoms with Crippen LogP contribution >= 0.6 is 0 Å². The van der Waals surface area contributed by atoms with E-state index in [2.05, 4.69) is 15.6 Å². The van der Waals surface area contributed by atoms with Crippen molar-refractivity contribution in [2.24, 2.45) is 5.92 Å². The molecule has 25 heavy (non-hydrogen) atoms. The molecule has 0 aliphatic carbocycles. The summed E-state index contributed by atoms with van der Waals surface area (Å²) in [5, 5.41) is 10.6. The van der Waals surface area contributed by atoms with Gasteiger partial charge in [0.1, 0.15) is 0 Å². The summed E-state index contributed by atoms with van der Waals surface area (Å²) in [6, 6.07) is 18.9. The third-order valence-electron chi connectivity index (χ3n) is 4.64. The van der Waals surface area contributed by atoms with Crippen LogP contribution in [0.15, 0.2) is 60.7 Å². The molecule has 4 atom stereocenters. The minimum absolute atomic E-state index is 0.156. The minimum atomic E-state index is -0.857. The maximum absolute atomic E-state index is 13.0. The molecule has 0 spiro atoms. The monoisotopic (exact) mass is 403 g/mol. The number of nitrogens with zero attached hydrogens (tertiary/aromatic N) is 1. The molecule has 1 aliphatic rings. The molecule has 0 unspecified atom stereocenters. The number of aliphatic hydroxyl groups is 1. The Bertz CT molecular complexity index is 750. The van der Waals surface area contributed by atoms with Gasteiger partial charge in [-0.3, -0.25) is 0 Å². The molecule has 1 heterocycles. The predicted octanol–water partition coefficient (Wildman–Crippen LogP) is 2.60. The summed E-state index contributed by atoms with van der Waals surface area (Å²) in [6.45, 7) is 3.71. The first-order valence-corrected chi connectivity index (χ1v) is 9.18. The fraction of sp³-hybridized carbons (Fsp3) is 0.300. The molecule has 1 amide bonds. The van der Waals surface area contributed by atoms with Crippen LogP contribution in [0.3, 0.4) is 0 Å². The van der Waals surface area contributed by atoms with Gasteiger partial charge in [-0.25, -0.2) is 0 Å². The number of aliphatic hydroxyl groups excluding tert-OH is 1. The fourth-order valence-corrected chi connectivity index (χ4v) is 3.89. The molecule has 1 saturated heterocycles. The topological polar surface area (TPSA) is 49.8 Å². The van der Waals surface area contributed by atoms with Crippen LogP contribution < -0.4 is 0 Å². The van der Waals surface area contributed by atoms with Crippen LogP contribution in [0.1, 0.15) is 37.2 Å². The summed E-state index contributed by atoms with van der Waals surface area (Å²) < 4.78 is 6.37. The van der Waals surface area contributed by atoms with E-state index in [4.69, 9.17) is 4.74 Å². The predicted molar refractivity (Wildman–Crippen MR) is 97.9 cm³/mol. The third kappa shape index (κ3) is 3.54. The number of benzene rings is 2. The van der Waals surface area contributed by atoms with Gasteiger partial charge < -0.3 is 0 Å². The van der Waals surface area contributed by atoms with Crippen molar-refractivity contribution in [3.63, 3.8) is 0 Å². The second kappa shape index (κ2) is 7.52.